The Hall–Kier alpha value is -3.42. The molecule has 200 valence electrons. The molecule has 0 radical (unpaired) electrons. The maximum Gasteiger partial charge on any atom is 0.244 e. The number of aromatic nitrogens is 1. The fourth-order valence-electron chi connectivity index (χ4n) is 6.29. The molecule has 2 N–H and O–H groups in total. The maximum atomic E-state index is 13.5. The second-order valence-corrected chi connectivity index (χ2v) is 12.3. The van der Waals surface area contributed by atoms with Crippen LogP contribution in [0.25, 0.3) is 0 Å². The van der Waals surface area contributed by atoms with Crippen LogP contribution in [-0.4, -0.2) is 34.2 Å². The number of carbonyl (C=O) groups excluding carboxylic acids is 3. The minimum atomic E-state index is -0.675. The summed E-state index contributed by atoms with van der Waals surface area (Å²) in [5.74, 6) is 0.199. The van der Waals surface area contributed by atoms with E-state index in [4.69, 9.17) is 23.2 Å². The van der Waals surface area contributed by atoms with E-state index in [1.807, 2.05) is 44.2 Å². The monoisotopic (exact) mass is 562 g/mol. The molecule has 39 heavy (non-hydrogen) atoms. The molecular formula is C30H28Cl2N4O3. The van der Waals surface area contributed by atoms with Crippen molar-refractivity contribution in [2.24, 2.45) is 5.41 Å². The summed E-state index contributed by atoms with van der Waals surface area (Å²) in [5, 5.41) is 6.87. The van der Waals surface area contributed by atoms with Crippen molar-refractivity contribution in [1.29, 1.82) is 0 Å². The van der Waals surface area contributed by atoms with Crippen LogP contribution in [0.2, 0.25) is 10.0 Å². The van der Waals surface area contributed by atoms with Gasteiger partial charge in [0.1, 0.15) is 12.4 Å². The van der Waals surface area contributed by atoms with E-state index < -0.39 is 10.8 Å². The molecule has 1 aromatic heterocycles. The lowest BCUT2D eigenvalue weighted by Crippen LogP contribution is -2.50. The van der Waals surface area contributed by atoms with Gasteiger partial charge in [-0.25, -0.2) is 4.98 Å². The molecule has 9 heteroatoms. The van der Waals surface area contributed by atoms with E-state index in [1.54, 1.807) is 29.3 Å². The van der Waals surface area contributed by atoms with Crippen molar-refractivity contribution in [2.75, 3.05) is 17.2 Å². The average molecular weight is 563 g/mol. The van der Waals surface area contributed by atoms with Gasteiger partial charge >= 0.3 is 0 Å². The van der Waals surface area contributed by atoms with Crippen molar-refractivity contribution in [1.82, 2.24) is 9.88 Å². The zero-order valence-corrected chi connectivity index (χ0v) is 23.2. The van der Waals surface area contributed by atoms with Crippen LogP contribution in [0, 0.1) is 5.41 Å². The van der Waals surface area contributed by atoms with Crippen LogP contribution in [0.1, 0.15) is 55.0 Å². The first-order valence-corrected chi connectivity index (χ1v) is 13.8. The van der Waals surface area contributed by atoms with E-state index in [2.05, 4.69) is 15.6 Å². The summed E-state index contributed by atoms with van der Waals surface area (Å²) in [6.07, 6.45) is 4.18. The molecule has 3 amide bonds. The molecule has 1 fully saturated rings. The highest BCUT2D eigenvalue weighted by Crippen LogP contribution is 2.47. The number of fused-ring (bicyclic) bond motifs is 3. The van der Waals surface area contributed by atoms with Gasteiger partial charge in [0.2, 0.25) is 17.7 Å². The number of halogens is 2. The van der Waals surface area contributed by atoms with Crippen molar-refractivity contribution in [3.8, 4) is 0 Å². The quantitative estimate of drug-likeness (QED) is 0.426. The van der Waals surface area contributed by atoms with E-state index >= 15 is 0 Å². The van der Waals surface area contributed by atoms with Gasteiger partial charge in [0.15, 0.2) is 0 Å². The lowest BCUT2D eigenvalue weighted by molar-refractivity contribution is -0.150. The van der Waals surface area contributed by atoms with Gasteiger partial charge in [0.05, 0.1) is 11.5 Å². The van der Waals surface area contributed by atoms with E-state index in [1.165, 1.54) is 0 Å². The highest BCUT2D eigenvalue weighted by atomic mass is 35.5. The number of likely N-dealkylation sites (tertiary alicyclic amines) is 1. The third-order valence-electron chi connectivity index (χ3n) is 8.31. The Bertz CT molecular complexity index is 1520. The van der Waals surface area contributed by atoms with Crippen LogP contribution < -0.4 is 10.6 Å². The maximum absolute atomic E-state index is 13.5. The molecule has 0 saturated carbocycles. The molecule has 0 bridgehead atoms. The normalized spacial score (nSPS) is 23.0. The van der Waals surface area contributed by atoms with Crippen LogP contribution in [0.15, 0.2) is 54.7 Å². The molecule has 3 heterocycles. The minimum Gasteiger partial charge on any atom is -0.326 e. The number of hydrogen-bond donors (Lipinski definition) is 2. The number of pyridine rings is 1. The summed E-state index contributed by atoms with van der Waals surface area (Å²) in [6.45, 7) is 3.72. The Labute approximate surface area is 236 Å². The number of amides is 3. The lowest BCUT2D eigenvalue weighted by Gasteiger charge is -2.43. The third-order valence-corrected chi connectivity index (χ3v) is 8.74. The number of benzene rings is 2. The van der Waals surface area contributed by atoms with Crippen molar-refractivity contribution >= 4 is 52.4 Å². The van der Waals surface area contributed by atoms with Gasteiger partial charge in [-0.1, -0.05) is 49.2 Å². The number of anilines is 2. The lowest BCUT2D eigenvalue weighted by atomic mass is 9.78. The molecule has 1 saturated heterocycles. The Morgan fingerprint density at radius 2 is 1.82 bits per heavy atom. The fourth-order valence-corrected chi connectivity index (χ4v) is 6.83. The molecule has 2 aromatic carbocycles. The average Bonchev–Trinajstić information content (AvgIpc) is 3.38. The molecule has 7 nitrogen and oxygen atoms in total. The van der Waals surface area contributed by atoms with Crippen molar-refractivity contribution < 1.29 is 14.4 Å². The predicted octanol–water partition coefficient (Wildman–Crippen LogP) is 5.71. The van der Waals surface area contributed by atoms with Gasteiger partial charge in [-0.05, 0) is 78.8 Å². The topological polar surface area (TPSA) is 91.4 Å². The van der Waals surface area contributed by atoms with Gasteiger partial charge in [0.25, 0.3) is 0 Å². The van der Waals surface area contributed by atoms with Crippen LogP contribution in [0.3, 0.4) is 0 Å². The second kappa shape index (κ2) is 9.35. The highest BCUT2D eigenvalue weighted by molar-refractivity contribution is 6.34. The summed E-state index contributed by atoms with van der Waals surface area (Å²) in [5.41, 5.74) is 3.20. The third kappa shape index (κ3) is 4.47. The predicted molar refractivity (Wildman–Crippen MR) is 151 cm³/mol. The summed E-state index contributed by atoms with van der Waals surface area (Å²) >= 11 is 12.5. The van der Waals surface area contributed by atoms with Crippen molar-refractivity contribution in [3.63, 3.8) is 0 Å². The van der Waals surface area contributed by atoms with E-state index in [9.17, 15) is 14.4 Å². The summed E-state index contributed by atoms with van der Waals surface area (Å²) in [4.78, 5) is 45.7. The van der Waals surface area contributed by atoms with Gasteiger partial charge in [-0.15, -0.1) is 0 Å². The highest BCUT2D eigenvalue weighted by Gasteiger charge is 2.51. The Kier molecular flexibility index (Phi) is 6.19. The number of carbonyl (C=O) groups is 3. The molecule has 2 atom stereocenters. The molecule has 1 aliphatic carbocycles. The summed E-state index contributed by atoms with van der Waals surface area (Å²) in [6, 6.07) is 14.5. The molecule has 2 aliphatic heterocycles. The molecule has 6 rings (SSSR count). The summed E-state index contributed by atoms with van der Waals surface area (Å²) < 4.78 is 0. The minimum absolute atomic E-state index is 0.0450. The first-order chi connectivity index (χ1) is 18.6. The van der Waals surface area contributed by atoms with Crippen molar-refractivity contribution in [3.05, 3.63) is 87.0 Å². The van der Waals surface area contributed by atoms with E-state index in [-0.39, 0.29) is 30.3 Å². The number of nitrogens with one attached hydrogen (secondary N) is 2. The first kappa shape index (κ1) is 25.8. The Balaban J connectivity index is 1.22. The summed E-state index contributed by atoms with van der Waals surface area (Å²) in [7, 11) is 0. The Morgan fingerprint density at radius 1 is 1.08 bits per heavy atom. The number of nitrogens with zero attached hydrogens (tertiary/aromatic N) is 2. The van der Waals surface area contributed by atoms with Gasteiger partial charge < -0.3 is 15.5 Å². The van der Waals surface area contributed by atoms with E-state index in [0.717, 1.165) is 22.3 Å². The largest absolute Gasteiger partial charge is 0.326 e. The zero-order chi connectivity index (χ0) is 27.5. The molecule has 1 spiro atoms. The first-order valence-electron chi connectivity index (χ1n) is 13.0. The van der Waals surface area contributed by atoms with E-state index in [0.29, 0.717) is 47.2 Å². The zero-order valence-electron chi connectivity index (χ0n) is 21.7. The van der Waals surface area contributed by atoms with Crippen LogP contribution in [0.5, 0.6) is 0 Å². The number of piperidine rings is 1. The molecular weight excluding hydrogens is 535 g/mol. The fraction of sp³-hybridized carbons (Fsp3) is 0.333. The van der Waals surface area contributed by atoms with Crippen LogP contribution in [-0.2, 0) is 32.6 Å². The smallest absolute Gasteiger partial charge is 0.244 e. The van der Waals surface area contributed by atoms with Crippen LogP contribution in [0.4, 0.5) is 11.5 Å². The molecule has 1 unspecified atom stereocenters. The van der Waals surface area contributed by atoms with Gasteiger partial charge in [-0.2, -0.15) is 0 Å². The molecule has 3 aliphatic rings. The van der Waals surface area contributed by atoms with Crippen molar-refractivity contribution in [2.45, 2.75) is 51.0 Å². The molecule has 3 aromatic rings. The van der Waals surface area contributed by atoms with Crippen LogP contribution >= 0.6 is 23.2 Å². The van der Waals surface area contributed by atoms with Gasteiger partial charge in [-0.3, -0.25) is 14.4 Å². The second-order valence-electron chi connectivity index (χ2n) is 11.4. The SMILES string of the molecule is CC1(C)CC[C@@H](c2cc(Cl)cc(Cl)c2)N(CC(=O)Nc2ccc3c(c2)CC2(C3)C(=O)Nc3ncccc32)C1=O. The number of rotatable bonds is 4. The van der Waals surface area contributed by atoms with Gasteiger partial charge in [0, 0.05) is 32.9 Å². The standard InChI is InChI=1S/C30H28Cl2N4O3/c1-29(2)8-7-24(18-10-20(31)13-21(32)11-18)36(28(29)39)16-25(37)34-22-6-5-17-14-30(15-19(17)12-22)23-4-3-9-33-26(23)35-27(30)38/h3-6,9-13,24H,7-8,14-16H2,1-2H3,(H,34,37)(H,33,35,38)/t24-,30?/m0/s1. The number of hydrogen-bond acceptors (Lipinski definition) is 4. The Morgan fingerprint density at radius 3 is 2.59 bits per heavy atom.